The fraction of sp³-hybridized carbons (Fsp3) is 0.600. The van der Waals surface area contributed by atoms with Crippen molar-refractivity contribution in [1.29, 1.82) is 0 Å². The van der Waals surface area contributed by atoms with Crippen molar-refractivity contribution in [3.05, 3.63) is 23.8 Å². The van der Waals surface area contributed by atoms with Crippen LogP contribution < -0.4 is 10.6 Å². The van der Waals surface area contributed by atoms with Crippen LogP contribution in [0.25, 0.3) is 0 Å². The van der Waals surface area contributed by atoms with Crippen molar-refractivity contribution >= 4 is 17.4 Å². The summed E-state index contributed by atoms with van der Waals surface area (Å²) in [7, 11) is 2.20. The van der Waals surface area contributed by atoms with Gasteiger partial charge in [-0.05, 0) is 31.9 Å². The summed E-state index contributed by atoms with van der Waals surface area (Å²) in [6, 6.07) is 7.13. The van der Waals surface area contributed by atoms with E-state index in [0.29, 0.717) is 12.6 Å². The van der Waals surface area contributed by atoms with Crippen LogP contribution in [-0.4, -0.2) is 43.4 Å². The Labute approximate surface area is 121 Å². The summed E-state index contributed by atoms with van der Waals surface area (Å²) >= 11 is 1.89. The Hall–Kier alpha value is -0.710. The Morgan fingerprint density at radius 2 is 2.16 bits per heavy atom. The van der Waals surface area contributed by atoms with Crippen LogP contribution in [0.15, 0.2) is 23.1 Å². The van der Waals surface area contributed by atoms with E-state index < -0.39 is 0 Å². The molecule has 0 aliphatic carbocycles. The maximum atomic E-state index is 6.01. The summed E-state index contributed by atoms with van der Waals surface area (Å²) in [6.07, 6.45) is 0. The molecule has 2 rings (SSSR count). The van der Waals surface area contributed by atoms with Crippen molar-refractivity contribution in [2.24, 2.45) is 5.73 Å². The summed E-state index contributed by atoms with van der Waals surface area (Å²) in [5.41, 5.74) is 8.66. The summed E-state index contributed by atoms with van der Waals surface area (Å²) in [4.78, 5) is 6.25. The van der Waals surface area contributed by atoms with Crippen molar-refractivity contribution in [1.82, 2.24) is 4.90 Å². The van der Waals surface area contributed by atoms with Gasteiger partial charge in [-0.1, -0.05) is 13.0 Å². The zero-order valence-corrected chi connectivity index (χ0v) is 13.0. The lowest BCUT2D eigenvalue weighted by Crippen LogP contribution is -2.50. The molecule has 0 aromatic heterocycles. The Morgan fingerprint density at radius 3 is 2.79 bits per heavy atom. The van der Waals surface area contributed by atoms with E-state index in [9.17, 15) is 0 Å². The van der Waals surface area contributed by atoms with Crippen molar-refractivity contribution < 1.29 is 0 Å². The molecule has 1 fully saturated rings. The summed E-state index contributed by atoms with van der Waals surface area (Å²) in [5, 5.41) is 0. The minimum atomic E-state index is 0.547. The highest BCUT2D eigenvalue weighted by molar-refractivity contribution is 7.99. The predicted octanol–water partition coefficient (Wildman–Crippen LogP) is 2.40. The predicted molar refractivity (Wildman–Crippen MR) is 85.0 cm³/mol. The topological polar surface area (TPSA) is 32.5 Å². The first-order chi connectivity index (χ1) is 9.17. The largest absolute Gasteiger partial charge is 0.366 e. The molecule has 1 atom stereocenters. The molecule has 2 N–H and O–H groups in total. The molecule has 0 bridgehead atoms. The second kappa shape index (κ2) is 6.64. The van der Waals surface area contributed by atoms with E-state index in [1.807, 2.05) is 11.8 Å². The third-order valence-corrected chi connectivity index (χ3v) is 4.73. The van der Waals surface area contributed by atoms with E-state index in [2.05, 4.69) is 48.9 Å². The van der Waals surface area contributed by atoms with Gasteiger partial charge in [-0.2, -0.15) is 0 Å². The van der Waals surface area contributed by atoms with Crippen molar-refractivity contribution in [2.75, 3.05) is 37.3 Å². The van der Waals surface area contributed by atoms with E-state index in [1.54, 1.807) is 0 Å². The quantitative estimate of drug-likeness (QED) is 0.858. The molecule has 1 saturated heterocycles. The van der Waals surface area contributed by atoms with Gasteiger partial charge in [0.1, 0.15) is 0 Å². The third kappa shape index (κ3) is 3.25. The highest BCUT2D eigenvalue weighted by Crippen LogP contribution is 2.32. The Bertz CT molecular complexity index is 422. The Morgan fingerprint density at radius 1 is 1.37 bits per heavy atom. The number of benzene rings is 1. The molecule has 0 saturated carbocycles. The average Bonchev–Trinajstić information content (AvgIpc) is 2.39. The van der Waals surface area contributed by atoms with Crippen LogP contribution in [0.5, 0.6) is 0 Å². The van der Waals surface area contributed by atoms with Gasteiger partial charge in [-0.15, -0.1) is 11.8 Å². The molecule has 1 aromatic carbocycles. The lowest BCUT2D eigenvalue weighted by atomic mass is 10.1. The zero-order chi connectivity index (χ0) is 13.8. The number of hydrogen-bond donors (Lipinski definition) is 1. The Balaban J connectivity index is 2.30. The molecule has 4 heteroatoms. The van der Waals surface area contributed by atoms with Gasteiger partial charge in [-0.3, -0.25) is 0 Å². The number of nitrogens with zero attached hydrogens (tertiary/aromatic N) is 2. The van der Waals surface area contributed by atoms with Crippen LogP contribution in [0, 0.1) is 0 Å². The first-order valence-electron chi connectivity index (χ1n) is 7.07. The molecule has 3 nitrogen and oxygen atoms in total. The van der Waals surface area contributed by atoms with E-state index in [-0.39, 0.29) is 0 Å². The van der Waals surface area contributed by atoms with E-state index >= 15 is 0 Å². The highest BCUT2D eigenvalue weighted by atomic mass is 32.2. The SMILES string of the molecule is CCSc1cccc(N2CCN(C)CC2C)c1CN. The monoisotopic (exact) mass is 279 g/mol. The fourth-order valence-corrected chi connectivity index (χ4v) is 3.66. The molecule has 0 spiro atoms. The van der Waals surface area contributed by atoms with Gasteiger partial charge in [0.15, 0.2) is 0 Å². The molecule has 0 amide bonds. The van der Waals surface area contributed by atoms with Crippen LogP contribution in [0.2, 0.25) is 0 Å². The second-order valence-electron chi connectivity index (χ2n) is 5.20. The maximum Gasteiger partial charge on any atom is 0.0426 e. The number of hydrogen-bond acceptors (Lipinski definition) is 4. The summed E-state index contributed by atoms with van der Waals surface area (Å²) < 4.78 is 0. The molecule has 19 heavy (non-hydrogen) atoms. The lowest BCUT2D eigenvalue weighted by molar-refractivity contribution is 0.275. The molecule has 1 aliphatic rings. The smallest absolute Gasteiger partial charge is 0.0426 e. The molecule has 106 valence electrons. The standard InChI is InChI=1S/C15H25N3S/c1-4-19-15-7-5-6-14(13(15)10-16)18-9-8-17(3)11-12(18)2/h5-7,12H,4,8-11,16H2,1-3H3. The summed E-state index contributed by atoms with van der Waals surface area (Å²) in [6.45, 7) is 8.45. The third-order valence-electron chi connectivity index (χ3n) is 3.75. The maximum absolute atomic E-state index is 6.01. The lowest BCUT2D eigenvalue weighted by Gasteiger charge is -2.41. The van der Waals surface area contributed by atoms with Crippen molar-refractivity contribution in [3.63, 3.8) is 0 Å². The first kappa shape index (κ1) is 14.7. The van der Waals surface area contributed by atoms with Gasteiger partial charge in [-0.25, -0.2) is 0 Å². The second-order valence-corrected chi connectivity index (χ2v) is 6.50. The summed E-state index contributed by atoms with van der Waals surface area (Å²) in [5.74, 6) is 1.09. The van der Waals surface area contributed by atoms with Gasteiger partial charge < -0.3 is 15.5 Å². The van der Waals surface area contributed by atoms with E-state index in [0.717, 1.165) is 25.4 Å². The van der Waals surface area contributed by atoms with Crippen LogP contribution in [0.1, 0.15) is 19.4 Å². The van der Waals surface area contributed by atoms with Gasteiger partial charge in [0, 0.05) is 48.4 Å². The number of rotatable bonds is 4. The molecule has 1 unspecified atom stereocenters. The number of piperazine rings is 1. The van der Waals surface area contributed by atoms with Crippen molar-refractivity contribution in [2.45, 2.75) is 31.3 Å². The molecule has 1 aliphatic heterocycles. The molecular weight excluding hydrogens is 254 g/mol. The molecule has 1 aromatic rings. The van der Waals surface area contributed by atoms with Gasteiger partial charge >= 0.3 is 0 Å². The Kier molecular flexibility index (Phi) is 5.13. The van der Waals surface area contributed by atoms with Crippen LogP contribution in [-0.2, 0) is 6.54 Å². The number of thioether (sulfide) groups is 1. The normalized spacial score (nSPS) is 20.8. The minimum absolute atomic E-state index is 0.547. The van der Waals surface area contributed by atoms with E-state index in [4.69, 9.17) is 5.73 Å². The minimum Gasteiger partial charge on any atom is -0.366 e. The number of anilines is 1. The van der Waals surface area contributed by atoms with Gasteiger partial charge in [0.2, 0.25) is 0 Å². The van der Waals surface area contributed by atoms with Gasteiger partial charge in [0.25, 0.3) is 0 Å². The van der Waals surface area contributed by atoms with Gasteiger partial charge in [0.05, 0.1) is 0 Å². The fourth-order valence-electron chi connectivity index (χ4n) is 2.82. The number of likely N-dealkylation sites (N-methyl/N-ethyl adjacent to an activating group) is 1. The van der Waals surface area contributed by atoms with Crippen LogP contribution >= 0.6 is 11.8 Å². The zero-order valence-electron chi connectivity index (χ0n) is 12.2. The molecule has 0 radical (unpaired) electrons. The van der Waals surface area contributed by atoms with Crippen molar-refractivity contribution in [3.8, 4) is 0 Å². The average molecular weight is 279 g/mol. The first-order valence-corrected chi connectivity index (χ1v) is 8.05. The molecular formula is C15H25N3S. The number of nitrogens with two attached hydrogens (primary N) is 1. The van der Waals surface area contributed by atoms with Crippen LogP contribution in [0.3, 0.4) is 0 Å². The molecule has 1 heterocycles. The van der Waals surface area contributed by atoms with E-state index in [1.165, 1.54) is 16.1 Å². The highest BCUT2D eigenvalue weighted by Gasteiger charge is 2.23. The van der Waals surface area contributed by atoms with Crippen LogP contribution in [0.4, 0.5) is 5.69 Å².